The summed E-state index contributed by atoms with van der Waals surface area (Å²) < 4.78 is 2.24. The van der Waals surface area contributed by atoms with Gasteiger partial charge in [-0.2, -0.15) is 0 Å². The van der Waals surface area contributed by atoms with Crippen LogP contribution in [-0.4, -0.2) is 4.57 Å². The van der Waals surface area contributed by atoms with E-state index in [4.69, 9.17) is 0 Å². The molecule has 0 atom stereocenters. The van der Waals surface area contributed by atoms with Crippen molar-refractivity contribution in [3.63, 3.8) is 0 Å². The minimum Gasteiger partial charge on any atom is -0.309 e. The molecule has 0 unspecified atom stereocenters. The Bertz CT molecular complexity index is 656. The molecule has 2 aromatic rings. The molecule has 0 amide bonds. The fourth-order valence-electron chi connectivity index (χ4n) is 2.58. The summed E-state index contributed by atoms with van der Waals surface area (Å²) in [6.45, 7) is 12.0. The van der Waals surface area contributed by atoms with Crippen LogP contribution < -0.4 is 0 Å². The van der Waals surface area contributed by atoms with Crippen molar-refractivity contribution < 1.29 is 0 Å². The SMILES string of the molecule is C=Cc1c(C=C)c(/C=C\C)n(-c2ccccc2)c1/C=C\C. The quantitative estimate of drug-likeness (QED) is 0.647. The molecular formula is C20H21N. The Morgan fingerprint density at radius 2 is 1.29 bits per heavy atom. The fraction of sp³-hybridized carbons (Fsp3) is 0.100. The molecule has 0 aliphatic rings. The van der Waals surface area contributed by atoms with Gasteiger partial charge in [-0.15, -0.1) is 0 Å². The van der Waals surface area contributed by atoms with Crippen LogP contribution in [0, 0.1) is 0 Å². The molecule has 0 aliphatic heterocycles. The summed E-state index contributed by atoms with van der Waals surface area (Å²) >= 11 is 0. The van der Waals surface area contributed by atoms with Crippen molar-refractivity contribution in [2.24, 2.45) is 0 Å². The Morgan fingerprint density at radius 3 is 1.67 bits per heavy atom. The summed E-state index contributed by atoms with van der Waals surface area (Å²) in [7, 11) is 0. The Labute approximate surface area is 127 Å². The van der Waals surface area contributed by atoms with Crippen LogP contribution in [-0.2, 0) is 0 Å². The Balaban J connectivity index is 2.91. The van der Waals surface area contributed by atoms with E-state index in [1.165, 1.54) is 0 Å². The first-order valence-electron chi connectivity index (χ1n) is 7.12. The maximum atomic E-state index is 3.97. The van der Waals surface area contributed by atoms with Crippen LogP contribution in [0.5, 0.6) is 0 Å². The topological polar surface area (TPSA) is 4.93 Å². The predicted molar refractivity (Wildman–Crippen MR) is 95.4 cm³/mol. The highest BCUT2D eigenvalue weighted by Gasteiger charge is 2.16. The van der Waals surface area contributed by atoms with E-state index in [9.17, 15) is 0 Å². The van der Waals surface area contributed by atoms with Gasteiger partial charge in [-0.1, -0.05) is 55.7 Å². The summed E-state index contributed by atoms with van der Waals surface area (Å²) in [4.78, 5) is 0. The van der Waals surface area contributed by atoms with Gasteiger partial charge in [0, 0.05) is 16.8 Å². The van der Waals surface area contributed by atoms with Gasteiger partial charge in [0.05, 0.1) is 11.4 Å². The number of aromatic nitrogens is 1. The van der Waals surface area contributed by atoms with E-state index in [1.54, 1.807) is 0 Å². The van der Waals surface area contributed by atoms with E-state index in [-0.39, 0.29) is 0 Å². The molecule has 0 bridgehead atoms. The molecule has 1 nitrogen and oxygen atoms in total. The Hall–Kier alpha value is -2.54. The first-order valence-corrected chi connectivity index (χ1v) is 7.12. The van der Waals surface area contributed by atoms with Crippen molar-refractivity contribution in [3.05, 3.63) is 78.2 Å². The molecule has 0 radical (unpaired) electrons. The number of para-hydroxylation sites is 1. The first-order chi connectivity index (χ1) is 10.3. The van der Waals surface area contributed by atoms with Crippen molar-refractivity contribution in [2.75, 3.05) is 0 Å². The normalized spacial score (nSPS) is 11.3. The van der Waals surface area contributed by atoms with Crippen LogP contribution in [0.1, 0.15) is 36.4 Å². The summed E-state index contributed by atoms with van der Waals surface area (Å²) in [5.74, 6) is 0. The van der Waals surface area contributed by atoms with Crippen molar-refractivity contribution in [1.29, 1.82) is 0 Å². The van der Waals surface area contributed by atoms with E-state index in [1.807, 2.05) is 44.2 Å². The molecular weight excluding hydrogens is 254 g/mol. The summed E-state index contributed by atoms with van der Waals surface area (Å²) in [5.41, 5.74) is 5.61. The Kier molecular flexibility index (Phi) is 4.78. The number of nitrogens with zero attached hydrogens (tertiary/aromatic N) is 1. The zero-order valence-electron chi connectivity index (χ0n) is 12.7. The zero-order valence-corrected chi connectivity index (χ0v) is 12.7. The molecule has 2 rings (SSSR count). The zero-order chi connectivity index (χ0) is 15.2. The molecule has 0 N–H and O–H groups in total. The molecule has 21 heavy (non-hydrogen) atoms. The predicted octanol–water partition coefficient (Wildman–Crippen LogP) is 5.83. The molecule has 1 heterocycles. The largest absolute Gasteiger partial charge is 0.309 e. The molecule has 1 aromatic carbocycles. The van der Waals surface area contributed by atoms with Crippen LogP contribution in [0.25, 0.3) is 30.0 Å². The van der Waals surface area contributed by atoms with E-state index < -0.39 is 0 Å². The second kappa shape index (κ2) is 6.76. The maximum Gasteiger partial charge on any atom is 0.0537 e. The van der Waals surface area contributed by atoms with Gasteiger partial charge >= 0.3 is 0 Å². The third-order valence-electron chi connectivity index (χ3n) is 3.40. The summed E-state index contributed by atoms with van der Waals surface area (Å²) in [6.07, 6.45) is 12.1. The molecule has 1 heteroatoms. The number of hydrogen-bond donors (Lipinski definition) is 0. The van der Waals surface area contributed by atoms with Crippen LogP contribution in [0.2, 0.25) is 0 Å². The van der Waals surface area contributed by atoms with E-state index >= 15 is 0 Å². The lowest BCUT2D eigenvalue weighted by Crippen LogP contribution is -1.99. The summed E-state index contributed by atoms with van der Waals surface area (Å²) in [6, 6.07) is 10.4. The third-order valence-corrected chi connectivity index (χ3v) is 3.40. The second-order valence-electron chi connectivity index (χ2n) is 4.68. The number of hydrogen-bond acceptors (Lipinski definition) is 0. The molecule has 0 fully saturated rings. The van der Waals surface area contributed by atoms with Gasteiger partial charge in [-0.05, 0) is 38.1 Å². The van der Waals surface area contributed by atoms with Gasteiger partial charge in [0.1, 0.15) is 0 Å². The molecule has 0 spiro atoms. The average molecular weight is 275 g/mol. The van der Waals surface area contributed by atoms with Crippen molar-refractivity contribution in [2.45, 2.75) is 13.8 Å². The average Bonchev–Trinajstić information content (AvgIpc) is 2.81. The number of allylic oxidation sites excluding steroid dienone is 2. The van der Waals surface area contributed by atoms with E-state index in [2.05, 4.69) is 54.1 Å². The third kappa shape index (κ3) is 2.68. The second-order valence-corrected chi connectivity index (χ2v) is 4.68. The molecule has 0 aliphatic carbocycles. The first kappa shape index (κ1) is 14.9. The lowest BCUT2D eigenvalue weighted by Gasteiger charge is -2.10. The van der Waals surface area contributed by atoms with Crippen molar-refractivity contribution in [3.8, 4) is 5.69 Å². The van der Waals surface area contributed by atoms with E-state index in [0.29, 0.717) is 0 Å². The van der Waals surface area contributed by atoms with Crippen LogP contribution in [0.15, 0.2) is 55.6 Å². The van der Waals surface area contributed by atoms with Crippen LogP contribution in [0.4, 0.5) is 0 Å². The highest BCUT2D eigenvalue weighted by molar-refractivity contribution is 5.80. The van der Waals surface area contributed by atoms with Gasteiger partial charge < -0.3 is 4.57 Å². The van der Waals surface area contributed by atoms with Gasteiger partial charge in [-0.3, -0.25) is 0 Å². The molecule has 0 saturated heterocycles. The molecule has 1 aromatic heterocycles. The highest BCUT2D eigenvalue weighted by atomic mass is 15.0. The van der Waals surface area contributed by atoms with Crippen molar-refractivity contribution in [1.82, 2.24) is 4.57 Å². The van der Waals surface area contributed by atoms with Crippen LogP contribution in [0.3, 0.4) is 0 Å². The monoisotopic (exact) mass is 275 g/mol. The minimum absolute atomic E-state index is 1.11. The van der Waals surface area contributed by atoms with E-state index in [0.717, 1.165) is 28.2 Å². The van der Waals surface area contributed by atoms with Gasteiger partial charge in [0.25, 0.3) is 0 Å². The lowest BCUT2D eigenvalue weighted by atomic mass is 10.1. The highest BCUT2D eigenvalue weighted by Crippen LogP contribution is 2.31. The van der Waals surface area contributed by atoms with Gasteiger partial charge in [-0.25, -0.2) is 0 Å². The van der Waals surface area contributed by atoms with Gasteiger partial charge in [0.2, 0.25) is 0 Å². The van der Waals surface area contributed by atoms with Gasteiger partial charge in [0.15, 0.2) is 0 Å². The van der Waals surface area contributed by atoms with Crippen molar-refractivity contribution >= 4 is 24.3 Å². The number of rotatable bonds is 5. The standard InChI is InChI=1S/C20H21N/c1-5-12-19-17(7-3)18(8-4)20(13-6-2)21(19)16-14-10-9-11-15-16/h5-15H,3-4H2,1-2H3/b12-5-,13-6-. The molecule has 106 valence electrons. The maximum absolute atomic E-state index is 3.97. The Morgan fingerprint density at radius 1 is 0.810 bits per heavy atom. The minimum atomic E-state index is 1.11. The molecule has 0 saturated carbocycles. The summed E-state index contributed by atoms with van der Waals surface area (Å²) in [5, 5.41) is 0. The lowest BCUT2D eigenvalue weighted by molar-refractivity contribution is 1.04. The fourth-order valence-corrected chi connectivity index (χ4v) is 2.58. The number of benzene rings is 1. The smallest absolute Gasteiger partial charge is 0.0537 e. The van der Waals surface area contributed by atoms with Crippen LogP contribution >= 0.6 is 0 Å².